The maximum Gasteiger partial charge on any atom is 0.257 e. The topological polar surface area (TPSA) is 56.8 Å². The van der Waals surface area contributed by atoms with Gasteiger partial charge in [-0.05, 0) is 31.5 Å². The number of carbonyl (C=O) groups excluding carboxylic acids is 1. The van der Waals surface area contributed by atoms with Gasteiger partial charge in [0.05, 0.1) is 13.2 Å². The Kier molecular flexibility index (Phi) is 4.69. The van der Waals surface area contributed by atoms with E-state index in [4.69, 9.17) is 14.2 Å². The molecule has 4 rings (SSSR count). The summed E-state index contributed by atoms with van der Waals surface area (Å²) < 4.78 is 17.1. The molecule has 2 aliphatic heterocycles. The third kappa shape index (κ3) is 3.47. The maximum atomic E-state index is 12.0. The molecule has 0 atom stereocenters. The van der Waals surface area contributed by atoms with E-state index in [1.807, 2.05) is 31.2 Å². The zero-order valence-electron chi connectivity index (χ0n) is 15.0. The van der Waals surface area contributed by atoms with Crippen LogP contribution in [0.4, 0.5) is 0 Å². The largest absolute Gasteiger partial charge is 0.493 e. The minimum Gasteiger partial charge on any atom is -0.493 e. The molecule has 2 aliphatic rings. The van der Waals surface area contributed by atoms with E-state index < -0.39 is 0 Å². The van der Waals surface area contributed by atoms with Crippen molar-refractivity contribution in [3.8, 4) is 17.2 Å². The number of aryl methyl sites for hydroxylation is 1. The summed E-state index contributed by atoms with van der Waals surface area (Å²) in [6, 6.07) is 9.78. The number of fused-ring (bicyclic) bond motifs is 2. The summed E-state index contributed by atoms with van der Waals surface area (Å²) >= 11 is 0. The molecule has 0 saturated carbocycles. The molecule has 2 aromatic rings. The number of hydrogen-bond donors (Lipinski definition) is 1. The van der Waals surface area contributed by atoms with E-state index in [-0.39, 0.29) is 12.5 Å². The quantitative estimate of drug-likeness (QED) is 0.867. The molecular weight excluding hydrogens is 330 g/mol. The average Bonchev–Trinajstić information content (AvgIpc) is 3.29. The summed E-state index contributed by atoms with van der Waals surface area (Å²) in [6.45, 7) is 4.04. The molecule has 0 radical (unpaired) electrons. The number of amides is 1. The van der Waals surface area contributed by atoms with Crippen LogP contribution in [0.2, 0.25) is 0 Å². The molecule has 0 aromatic heterocycles. The van der Waals surface area contributed by atoms with Gasteiger partial charge in [0.1, 0.15) is 17.2 Å². The van der Waals surface area contributed by atoms with E-state index in [0.29, 0.717) is 12.3 Å². The van der Waals surface area contributed by atoms with Gasteiger partial charge in [-0.1, -0.05) is 17.7 Å². The van der Waals surface area contributed by atoms with Crippen molar-refractivity contribution in [3.05, 3.63) is 52.6 Å². The van der Waals surface area contributed by atoms with Gasteiger partial charge in [0.2, 0.25) is 0 Å². The third-order valence-corrected chi connectivity index (χ3v) is 4.85. The molecule has 136 valence electrons. The summed E-state index contributed by atoms with van der Waals surface area (Å²) in [5.41, 5.74) is 4.80. The molecule has 26 heavy (non-hydrogen) atoms. The first-order valence-electron chi connectivity index (χ1n) is 9.10. The highest BCUT2D eigenvalue weighted by Gasteiger charge is 2.26. The lowest BCUT2D eigenvalue weighted by Gasteiger charge is -2.13. The van der Waals surface area contributed by atoms with Crippen molar-refractivity contribution in [3.63, 3.8) is 0 Å². The lowest BCUT2D eigenvalue weighted by molar-refractivity contribution is -0.123. The molecule has 0 saturated heterocycles. The Bertz CT molecular complexity index is 782. The molecule has 5 heteroatoms. The van der Waals surface area contributed by atoms with Gasteiger partial charge in [0.15, 0.2) is 6.61 Å². The van der Waals surface area contributed by atoms with Crippen molar-refractivity contribution in [2.45, 2.75) is 26.2 Å². The Morgan fingerprint density at radius 1 is 1.15 bits per heavy atom. The van der Waals surface area contributed by atoms with Crippen LogP contribution in [0, 0.1) is 6.92 Å². The summed E-state index contributed by atoms with van der Waals surface area (Å²) in [6.07, 6.45) is 2.58. The predicted octanol–water partition coefficient (Wildman–Crippen LogP) is 2.60. The SMILES string of the molecule is Cc1ccc(OCC(=O)NCCc2c3c(cc4c2OCC4)OCC3)cc1. The molecule has 2 heterocycles. The second-order valence-electron chi connectivity index (χ2n) is 6.72. The molecular formula is C21H23NO4. The fraction of sp³-hybridized carbons (Fsp3) is 0.381. The summed E-state index contributed by atoms with van der Waals surface area (Å²) in [5.74, 6) is 2.57. The molecule has 0 bridgehead atoms. The van der Waals surface area contributed by atoms with E-state index in [2.05, 4.69) is 11.4 Å². The summed E-state index contributed by atoms with van der Waals surface area (Å²) in [4.78, 5) is 12.0. The molecule has 0 aliphatic carbocycles. The Labute approximate surface area is 153 Å². The minimum atomic E-state index is -0.119. The lowest BCUT2D eigenvalue weighted by Crippen LogP contribution is -2.30. The predicted molar refractivity (Wildman–Crippen MR) is 98.2 cm³/mol. The number of nitrogens with one attached hydrogen (secondary N) is 1. The first kappa shape index (κ1) is 16.8. The fourth-order valence-corrected chi connectivity index (χ4v) is 3.51. The molecule has 0 spiro atoms. The van der Waals surface area contributed by atoms with Crippen LogP contribution in [0.3, 0.4) is 0 Å². The Morgan fingerprint density at radius 3 is 2.81 bits per heavy atom. The molecule has 2 aromatic carbocycles. The zero-order chi connectivity index (χ0) is 17.9. The second-order valence-corrected chi connectivity index (χ2v) is 6.72. The normalized spacial score (nSPS) is 14.2. The van der Waals surface area contributed by atoms with Gasteiger partial charge in [-0.3, -0.25) is 4.79 Å². The first-order chi connectivity index (χ1) is 12.7. The Morgan fingerprint density at radius 2 is 1.96 bits per heavy atom. The summed E-state index contributed by atoms with van der Waals surface area (Å²) in [7, 11) is 0. The van der Waals surface area contributed by atoms with E-state index in [0.717, 1.165) is 49.5 Å². The smallest absolute Gasteiger partial charge is 0.257 e. The number of carbonyl (C=O) groups is 1. The van der Waals surface area contributed by atoms with Gasteiger partial charge in [0.25, 0.3) is 5.91 Å². The van der Waals surface area contributed by atoms with Gasteiger partial charge in [0, 0.05) is 36.1 Å². The van der Waals surface area contributed by atoms with Gasteiger partial charge in [-0.2, -0.15) is 0 Å². The lowest BCUT2D eigenvalue weighted by atomic mass is 9.97. The molecule has 1 N–H and O–H groups in total. The standard InChI is InChI=1S/C21H23NO4/c1-14-2-4-16(5-3-14)26-13-20(23)22-9-6-18-17-8-11-24-19(17)12-15-7-10-25-21(15)18/h2-5,12H,6-11,13H2,1H3,(H,22,23). The van der Waals surface area contributed by atoms with Crippen LogP contribution in [0.5, 0.6) is 17.2 Å². The molecule has 0 unspecified atom stereocenters. The van der Waals surface area contributed by atoms with Crippen molar-refractivity contribution >= 4 is 5.91 Å². The van der Waals surface area contributed by atoms with Crippen LogP contribution >= 0.6 is 0 Å². The van der Waals surface area contributed by atoms with Crippen LogP contribution < -0.4 is 19.5 Å². The van der Waals surface area contributed by atoms with Crippen LogP contribution in [0.25, 0.3) is 0 Å². The zero-order valence-corrected chi connectivity index (χ0v) is 15.0. The highest BCUT2D eigenvalue weighted by Crippen LogP contribution is 2.40. The highest BCUT2D eigenvalue weighted by molar-refractivity contribution is 5.77. The first-order valence-corrected chi connectivity index (χ1v) is 9.10. The van der Waals surface area contributed by atoms with E-state index in [1.165, 1.54) is 16.7 Å². The molecule has 1 amide bonds. The number of benzene rings is 2. The van der Waals surface area contributed by atoms with E-state index in [1.54, 1.807) is 0 Å². The van der Waals surface area contributed by atoms with E-state index in [9.17, 15) is 4.79 Å². The number of rotatable bonds is 6. The van der Waals surface area contributed by atoms with Crippen LogP contribution in [-0.2, 0) is 24.1 Å². The van der Waals surface area contributed by atoms with Crippen LogP contribution in [-0.4, -0.2) is 32.3 Å². The van der Waals surface area contributed by atoms with Gasteiger partial charge >= 0.3 is 0 Å². The number of hydrogen-bond acceptors (Lipinski definition) is 4. The van der Waals surface area contributed by atoms with Gasteiger partial charge in [-0.25, -0.2) is 0 Å². The van der Waals surface area contributed by atoms with Crippen molar-refractivity contribution in [2.75, 3.05) is 26.4 Å². The molecule has 0 fully saturated rings. The van der Waals surface area contributed by atoms with Crippen LogP contribution in [0.15, 0.2) is 30.3 Å². The van der Waals surface area contributed by atoms with E-state index >= 15 is 0 Å². The third-order valence-electron chi connectivity index (χ3n) is 4.85. The monoisotopic (exact) mass is 353 g/mol. The maximum absolute atomic E-state index is 12.0. The van der Waals surface area contributed by atoms with Crippen molar-refractivity contribution in [1.29, 1.82) is 0 Å². The molecule has 5 nitrogen and oxygen atoms in total. The van der Waals surface area contributed by atoms with Crippen LogP contribution in [0.1, 0.15) is 22.3 Å². The number of ether oxygens (including phenoxy) is 3. The van der Waals surface area contributed by atoms with Crippen molar-refractivity contribution < 1.29 is 19.0 Å². The average molecular weight is 353 g/mol. The fourth-order valence-electron chi connectivity index (χ4n) is 3.51. The van der Waals surface area contributed by atoms with Gasteiger partial charge in [-0.15, -0.1) is 0 Å². The van der Waals surface area contributed by atoms with Crippen molar-refractivity contribution in [2.24, 2.45) is 0 Å². The highest BCUT2D eigenvalue weighted by atomic mass is 16.5. The minimum absolute atomic E-state index is 0.0215. The Hall–Kier alpha value is -2.69. The van der Waals surface area contributed by atoms with Gasteiger partial charge < -0.3 is 19.5 Å². The van der Waals surface area contributed by atoms with Crippen molar-refractivity contribution in [1.82, 2.24) is 5.32 Å². The summed E-state index contributed by atoms with van der Waals surface area (Å²) in [5, 5.41) is 2.93. The Balaban J connectivity index is 1.32. The second kappa shape index (κ2) is 7.28.